The second-order valence-electron chi connectivity index (χ2n) is 6.79. The van der Waals surface area contributed by atoms with E-state index in [1.165, 1.54) is 33.8 Å². The van der Waals surface area contributed by atoms with Crippen LogP contribution in [0.4, 0.5) is 9.52 Å². The molecule has 2 aromatic heterocycles. The fourth-order valence-corrected chi connectivity index (χ4v) is 7.11. The number of halogens is 2. The van der Waals surface area contributed by atoms with Crippen LogP contribution in [0.1, 0.15) is 12.8 Å². The summed E-state index contributed by atoms with van der Waals surface area (Å²) < 4.78 is 40.6. The van der Waals surface area contributed by atoms with Crippen molar-refractivity contribution in [3.05, 3.63) is 51.9 Å². The number of anilines is 1. The molecule has 6 nitrogen and oxygen atoms in total. The van der Waals surface area contributed by atoms with Crippen LogP contribution in [-0.4, -0.2) is 36.7 Å². The molecule has 30 heavy (non-hydrogen) atoms. The SMILES string of the molecule is O=C(Nc1nc(-c2ccc(F)cc2)cs1)C1CCCN(S(=O)(=O)c2ccc(Cl)s2)C1. The van der Waals surface area contributed by atoms with Gasteiger partial charge in [-0.1, -0.05) is 11.6 Å². The van der Waals surface area contributed by atoms with Crippen LogP contribution < -0.4 is 5.32 Å². The average molecular weight is 486 g/mol. The Labute approximate surface area is 186 Å². The van der Waals surface area contributed by atoms with Gasteiger partial charge in [0.15, 0.2) is 5.13 Å². The van der Waals surface area contributed by atoms with Crippen LogP contribution in [0.2, 0.25) is 4.34 Å². The number of carbonyl (C=O) groups is 1. The quantitative estimate of drug-likeness (QED) is 0.568. The Morgan fingerprint density at radius 1 is 1.23 bits per heavy atom. The Kier molecular flexibility index (Phi) is 6.21. The Bertz CT molecular complexity index is 1160. The molecular weight excluding hydrogens is 469 g/mol. The molecule has 1 fully saturated rings. The number of carbonyl (C=O) groups excluding carboxylic acids is 1. The molecule has 1 aliphatic heterocycles. The van der Waals surface area contributed by atoms with Gasteiger partial charge in [-0.3, -0.25) is 4.79 Å². The molecule has 1 unspecified atom stereocenters. The molecule has 0 saturated carbocycles. The van der Waals surface area contributed by atoms with Gasteiger partial charge in [0, 0.05) is 24.0 Å². The fourth-order valence-electron chi connectivity index (χ4n) is 3.23. The van der Waals surface area contributed by atoms with Crippen LogP contribution in [0, 0.1) is 11.7 Å². The summed E-state index contributed by atoms with van der Waals surface area (Å²) in [5.41, 5.74) is 1.38. The van der Waals surface area contributed by atoms with Gasteiger partial charge in [0.1, 0.15) is 10.0 Å². The minimum Gasteiger partial charge on any atom is -0.302 e. The Morgan fingerprint density at radius 3 is 2.70 bits per heavy atom. The number of hydrogen-bond acceptors (Lipinski definition) is 6. The number of benzene rings is 1. The zero-order chi connectivity index (χ0) is 21.3. The van der Waals surface area contributed by atoms with Crippen molar-refractivity contribution in [2.75, 3.05) is 18.4 Å². The molecular formula is C19H17ClFN3O3S3. The summed E-state index contributed by atoms with van der Waals surface area (Å²) in [6.45, 7) is 0.480. The van der Waals surface area contributed by atoms with Crippen molar-refractivity contribution >= 4 is 55.3 Å². The summed E-state index contributed by atoms with van der Waals surface area (Å²) in [4.78, 5) is 17.1. The van der Waals surface area contributed by atoms with Gasteiger partial charge in [-0.05, 0) is 49.2 Å². The maximum atomic E-state index is 13.1. The molecule has 0 bridgehead atoms. The number of hydrogen-bond donors (Lipinski definition) is 1. The van der Waals surface area contributed by atoms with Gasteiger partial charge >= 0.3 is 0 Å². The highest BCUT2D eigenvalue weighted by Gasteiger charge is 2.34. The lowest BCUT2D eigenvalue weighted by atomic mass is 9.99. The van der Waals surface area contributed by atoms with E-state index in [0.29, 0.717) is 34.5 Å². The summed E-state index contributed by atoms with van der Waals surface area (Å²) in [6, 6.07) is 8.98. The van der Waals surface area contributed by atoms with Crippen LogP contribution in [-0.2, 0) is 14.8 Å². The van der Waals surface area contributed by atoms with Crippen LogP contribution in [0.5, 0.6) is 0 Å². The van der Waals surface area contributed by atoms with E-state index in [2.05, 4.69) is 10.3 Å². The predicted octanol–water partition coefficient (Wildman–Crippen LogP) is 4.70. The number of amides is 1. The van der Waals surface area contributed by atoms with Crippen molar-refractivity contribution in [2.45, 2.75) is 17.1 Å². The average Bonchev–Trinajstić information content (AvgIpc) is 3.38. The van der Waals surface area contributed by atoms with Crippen LogP contribution in [0.25, 0.3) is 11.3 Å². The van der Waals surface area contributed by atoms with Gasteiger partial charge in [0.25, 0.3) is 10.0 Å². The molecule has 3 heterocycles. The molecule has 1 aromatic carbocycles. The first-order chi connectivity index (χ1) is 14.3. The summed E-state index contributed by atoms with van der Waals surface area (Å²) >= 11 is 8.15. The zero-order valence-corrected chi connectivity index (χ0v) is 18.8. The highest BCUT2D eigenvalue weighted by atomic mass is 35.5. The molecule has 0 radical (unpaired) electrons. The van der Waals surface area contributed by atoms with E-state index >= 15 is 0 Å². The Morgan fingerprint density at radius 2 is 2.00 bits per heavy atom. The molecule has 1 atom stereocenters. The fraction of sp³-hybridized carbons (Fsp3) is 0.263. The number of sulfonamides is 1. The van der Waals surface area contributed by atoms with Gasteiger partial charge in [-0.25, -0.2) is 17.8 Å². The van der Waals surface area contributed by atoms with Crippen LogP contribution in [0.15, 0.2) is 46.0 Å². The topological polar surface area (TPSA) is 79.4 Å². The summed E-state index contributed by atoms with van der Waals surface area (Å²) in [5, 5.41) is 4.98. The second kappa shape index (κ2) is 8.72. The standard InChI is InChI=1S/C19H17ClFN3O3S3/c20-16-7-8-17(29-16)30(26,27)24-9-1-2-13(10-24)18(25)23-19-22-15(11-28-19)12-3-5-14(21)6-4-12/h3-8,11,13H,1-2,9-10H2,(H,22,23,25). The van der Waals surface area contributed by atoms with E-state index in [1.807, 2.05) is 0 Å². The molecule has 1 amide bonds. The summed E-state index contributed by atoms with van der Waals surface area (Å²) in [6.07, 6.45) is 1.19. The normalized spacial score (nSPS) is 17.7. The van der Waals surface area contributed by atoms with E-state index in [1.54, 1.807) is 23.6 Å². The second-order valence-corrected chi connectivity index (χ2v) is 11.5. The lowest BCUT2D eigenvalue weighted by Crippen LogP contribution is -2.43. The van der Waals surface area contributed by atoms with E-state index < -0.39 is 15.9 Å². The van der Waals surface area contributed by atoms with Crippen molar-refractivity contribution in [3.8, 4) is 11.3 Å². The maximum Gasteiger partial charge on any atom is 0.252 e. The minimum atomic E-state index is -3.67. The first kappa shape index (κ1) is 21.4. The van der Waals surface area contributed by atoms with E-state index in [0.717, 1.165) is 16.9 Å². The first-order valence-electron chi connectivity index (χ1n) is 9.11. The number of thiophene rings is 1. The molecule has 1 saturated heterocycles. The number of nitrogens with one attached hydrogen (secondary N) is 1. The number of nitrogens with zero attached hydrogens (tertiary/aromatic N) is 2. The zero-order valence-electron chi connectivity index (χ0n) is 15.5. The van der Waals surface area contributed by atoms with E-state index in [9.17, 15) is 17.6 Å². The highest BCUT2D eigenvalue weighted by molar-refractivity contribution is 7.91. The van der Waals surface area contributed by atoms with Crippen molar-refractivity contribution in [3.63, 3.8) is 0 Å². The monoisotopic (exact) mass is 485 g/mol. The Hall–Kier alpha value is -1.85. The Balaban J connectivity index is 1.43. The van der Waals surface area contributed by atoms with Gasteiger partial charge in [0.2, 0.25) is 5.91 Å². The number of rotatable bonds is 5. The summed E-state index contributed by atoms with van der Waals surface area (Å²) in [5.74, 6) is -1.06. The highest BCUT2D eigenvalue weighted by Crippen LogP contribution is 2.31. The van der Waals surface area contributed by atoms with Gasteiger partial charge < -0.3 is 5.32 Å². The summed E-state index contributed by atoms with van der Waals surface area (Å²) in [7, 11) is -3.67. The predicted molar refractivity (Wildman–Crippen MR) is 117 cm³/mol. The van der Waals surface area contributed by atoms with E-state index in [4.69, 9.17) is 11.6 Å². The molecule has 4 rings (SSSR count). The van der Waals surface area contributed by atoms with Gasteiger partial charge in [-0.15, -0.1) is 22.7 Å². The lowest BCUT2D eigenvalue weighted by molar-refractivity contribution is -0.120. The lowest BCUT2D eigenvalue weighted by Gasteiger charge is -2.30. The third-order valence-corrected chi connectivity index (χ3v) is 9.09. The number of piperidine rings is 1. The third kappa shape index (κ3) is 4.57. The molecule has 158 valence electrons. The molecule has 1 N–H and O–H groups in total. The van der Waals surface area contributed by atoms with Crippen LogP contribution in [0.3, 0.4) is 0 Å². The molecule has 0 spiro atoms. The third-order valence-electron chi connectivity index (χ3n) is 4.77. The van der Waals surface area contributed by atoms with Gasteiger partial charge in [-0.2, -0.15) is 4.31 Å². The number of thiazole rings is 1. The molecule has 11 heteroatoms. The number of aromatic nitrogens is 1. The van der Waals surface area contributed by atoms with Crippen molar-refractivity contribution in [1.82, 2.24) is 9.29 Å². The molecule has 1 aliphatic rings. The van der Waals surface area contributed by atoms with Crippen molar-refractivity contribution < 1.29 is 17.6 Å². The molecule has 0 aliphatic carbocycles. The van der Waals surface area contributed by atoms with Crippen LogP contribution >= 0.6 is 34.3 Å². The smallest absolute Gasteiger partial charge is 0.252 e. The maximum absolute atomic E-state index is 13.1. The molecule has 3 aromatic rings. The van der Waals surface area contributed by atoms with Crippen molar-refractivity contribution in [1.29, 1.82) is 0 Å². The largest absolute Gasteiger partial charge is 0.302 e. The first-order valence-corrected chi connectivity index (χ1v) is 12.6. The minimum absolute atomic E-state index is 0.111. The van der Waals surface area contributed by atoms with Gasteiger partial charge in [0.05, 0.1) is 15.9 Å². The van der Waals surface area contributed by atoms with Crippen molar-refractivity contribution in [2.24, 2.45) is 5.92 Å². The van der Waals surface area contributed by atoms with E-state index in [-0.39, 0.29) is 22.5 Å².